The summed E-state index contributed by atoms with van der Waals surface area (Å²) in [6, 6.07) is 1.44. The minimum atomic E-state index is -0.659. The molecule has 1 rings (SSSR count). The van der Waals surface area contributed by atoms with Crippen molar-refractivity contribution in [3.8, 4) is 0 Å². The highest BCUT2D eigenvalue weighted by molar-refractivity contribution is 6.54. The molecule has 0 unspecified atom stereocenters. The first kappa shape index (κ1) is 25.1. The second-order valence-electron chi connectivity index (χ2n) is 5.75. The number of carboxylic acid groups (broad SMARTS) is 1. The minimum Gasteiger partial charge on any atom is -0.481 e. The van der Waals surface area contributed by atoms with Crippen LogP contribution in [-0.2, 0) is 4.79 Å². The first-order chi connectivity index (χ1) is 11.8. The number of hydrogen-bond donors (Lipinski definition) is 1. The Bertz CT molecular complexity index is 494. The van der Waals surface area contributed by atoms with Crippen LogP contribution >= 0.6 is 58.0 Å². The third kappa shape index (κ3) is 12.2. The van der Waals surface area contributed by atoms with Crippen LogP contribution in [0.25, 0.3) is 0 Å². The van der Waals surface area contributed by atoms with Gasteiger partial charge in [0.1, 0.15) is 0 Å². The molecule has 0 aliphatic heterocycles. The van der Waals surface area contributed by atoms with Crippen LogP contribution in [-0.4, -0.2) is 11.1 Å². The van der Waals surface area contributed by atoms with Crippen LogP contribution in [0.1, 0.15) is 71.1 Å². The molecule has 0 atom stereocenters. The Hall–Kier alpha value is 0.140. The van der Waals surface area contributed by atoms with Crippen LogP contribution in [0.5, 0.6) is 0 Å². The zero-order chi connectivity index (χ0) is 19.2. The molecule has 7 heteroatoms. The molecule has 0 bridgehead atoms. The molecule has 1 aromatic carbocycles. The quantitative estimate of drug-likeness (QED) is 0.219. The van der Waals surface area contributed by atoms with E-state index in [0.29, 0.717) is 16.5 Å². The van der Waals surface area contributed by atoms with E-state index in [-0.39, 0.29) is 15.1 Å². The number of halogens is 5. The molecular weight excluding hydrogens is 425 g/mol. The summed E-state index contributed by atoms with van der Waals surface area (Å²) in [7, 11) is 0. The van der Waals surface area contributed by atoms with Crippen molar-refractivity contribution < 1.29 is 9.90 Å². The zero-order valence-corrected chi connectivity index (χ0v) is 18.2. The highest BCUT2D eigenvalue weighted by Crippen LogP contribution is 2.40. The van der Waals surface area contributed by atoms with Crippen LogP contribution in [0.3, 0.4) is 0 Å². The van der Waals surface area contributed by atoms with Gasteiger partial charge in [0.15, 0.2) is 0 Å². The van der Waals surface area contributed by atoms with E-state index < -0.39 is 5.97 Å². The number of unbranched alkanes of at least 4 members (excludes halogenated alkanes) is 8. The standard InChI is InChI=1S/C12H24O2.C6HCl5/c1-2-3-4-5-6-7-8-9-10-11-12(13)14;7-2-1-3(8)5(10)6(11)4(2)9/h2-11H2,1H3,(H,13,14);1H. The van der Waals surface area contributed by atoms with E-state index in [2.05, 4.69) is 6.92 Å². The SMILES string of the molecule is CCCCCCCCCCCC(=O)O.Clc1cc(Cl)c(Cl)c(Cl)c1Cl. The summed E-state index contributed by atoms with van der Waals surface area (Å²) in [6.45, 7) is 2.23. The Labute approximate surface area is 175 Å². The second kappa shape index (κ2) is 15.2. The molecule has 0 aliphatic carbocycles. The maximum Gasteiger partial charge on any atom is 0.303 e. The smallest absolute Gasteiger partial charge is 0.303 e. The van der Waals surface area contributed by atoms with Gasteiger partial charge in [-0.25, -0.2) is 0 Å². The molecule has 0 saturated heterocycles. The maximum absolute atomic E-state index is 10.2. The summed E-state index contributed by atoms with van der Waals surface area (Å²) in [5.74, 6) is -0.659. The molecule has 1 aromatic rings. The molecule has 25 heavy (non-hydrogen) atoms. The van der Waals surface area contributed by atoms with Crippen LogP contribution in [0.2, 0.25) is 25.1 Å². The van der Waals surface area contributed by atoms with E-state index in [0.717, 1.165) is 12.8 Å². The lowest BCUT2D eigenvalue weighted by Crippen LogP contribution is -1.93. The van der Waals surface area contributed by atoms with Crippen molar-refractivity contribution in [1.82, 2.24) is 0 Å². The third-order valence-corrected chi connectivity index (χ3v) is 5.70. The molecule has 0 aliphatic rings. The molecule has 144 valence electrons. The van der Waals surface area contributed by atoms with E-state index in [9.17, 15) is 4.79 Å². The van der Waals surface area contributed by atoms with Crippen molar-refractivity contribution in [1.29, 1.82) is 0 Å². The first-order valence-corrected chi connectivity index (χ1v) is 10.4. The molecule has 0 spiro atoms. The van der Waals surface area contributed by atoms with Crippen molar-refractivity contribution in [3.05, 3.63) is 31.2 Å². The Morgan fingerprint density at radius 1 is 0.760 bits per heavy atom. The van der Waals surface area contributed by atoms with Gasteiger partial charge in [0.05, 0.1) is 25.1 Å². The average Bonchev–Trinajstić information content (AvgIpc) is 2.57. The van der Waals surface area contributed by atoms with Crippen molar-refractivity contribution >= 4 is 64.0 Å². The van der Waals surface area contributed by atoms with E-state index in [1.807, 2.05) is 0 Å². The second-order valence-corrected chi connectivity index (χ2v) is 7.70. The third-order valence-electron chi connectivity index (χ3n) is 3.55. The number of carboxylic acids is 1. The first-order valence-electron chi connectivity index (χ1n) is 8.51. The van der Waals surface area contributed by atoms with Gasteiger partial charge in [-0.05, 0) is 12.5 Å². The number of hydrogen-bond acceptors (Lipinski definition) is 1. The van der Waals surface area contributed by atoms with Gasteiger partial charge < -0.3 is 5.11 Å². The fraction of sp³-hybridized carbons (Fsp3) is 0.611. The van der Waals surface area contributed by atoms with Gasteiger partial charge in [-0.3, -0.25) is 4.79 Å². The van der Waals surface area contributed by atoms with E-state index in [1.54, 1.807) is 0 Å². The van der Waals surface area contributed by atoms with Gasteiger partial charge in [0.25, 0.3) is 0 Å². The number of aliphatic carboxylic acids is 1. The van der Waals surface area contributed by atoms with E-state index in [4.69, 9.17) is 63.1 Å². The molecule has 0 aromatic heterocycles. The summed E-state index contributed by atoms with van der Waals surface area (Å²) in [5, 5.41) is 9.64. The molecular formula is C18H25Cl5O2. The topological polar surface area (TPSA) is 37.3 Å². The largest absolute Gasteiger partial charge is 0.481 e. The predicted octanol–water partition coefficient (Wildman–Crippen LogP) is 8.95. The lowest BCUT2D eigenvalue weighted by atomic mass is 10.1. The van der Waals surface area contributed by atoms with Gasteiger partial charge in [0, 0.05) is 6.42 Å². The highest BCUT2D eigenvalue weighted by atomic mass is 35.5. The Balaban J connectivity index is 0.000000472. The molecule has 0 saturated carbocycles. The average molecular weight is 451 g/mol. The highest BCUT2D eigenvalue weighted by Gasteiger charge is 2.10. The van der Waals surface area contributed by atoms with E-state index in [1.165, 1.54) is 51.0 Å². The van der Waals surface area contributed by atoms with Gasteiger partial charge >= 0.3 is 5.97 Å². The Kier molecular flexibility index (Phi) is 15.3. The number of carbonyl (C=O) groups is 1. The molecule has 1 N–H and O–H groups in total. The summed E-state index contributed by atoms with van der Waals surface area (Å²) in [6.07, 6.45) is 11.5. The summed E-state index contributed by atoms with van der Waals surface area (Å²) in [4.78, 5) is 10.2. The Morgan fingerprint density at radius 3 is 1.56 bits per heavy atom. The number of benzene rings is 1. The molecule has 0 fully saturated rings. The Morgan fingerprint density at radius 2 is 1.16 bits per heavy atom. The van der Waals surface area contributed by atoms with Crippen LogP contribution in [0, 0.1) is 0 Å². The number of rotatable bonds is 10. The van der Waals surface area contributed by atoms with Crippen LogP contribution in [0.4, 0.5) is 0 Å². The van der Waals surface area contributed by atoms with Gasteiger partial charge in [-0.15, -0.1) is 0 Å². The molecule has 0 amide bonds. The zero-order valence-electron chi connectivity index (χ0n) is 14.4. The fourth-order valence-corrected chi connectivity index (χ4v) is 3.24. The van der Waals surface area contributed by atoms with Crippen molar-refractivity contribution in [2.45, 2.75) is 71.1 Å². The maximum atomic E-state index is 10.2. The van der Waals surface area contributed by atoms with Crippen LogP contribution < -0.4 is 0 Å². The lowest BCUT2D eigenvalue weighted by molar-refractivity contribution is -0.137. The van der Waals surface area contributed by atoms with Crippen molar-refractivity contribution in [2.24, 2.45) is 0 Å². The summed E-state index contributed by atoms with van der Waals surface area (Å²) in [5.41, 5.74) is 0. The fourth-order valence-electron chi connectivity index (χ4n) is 2.13. The van der Waals surface area contributed by atoms with E-state index >= 15 is 0 Å². The normalized spacial score (nSPS) is 10.3. The predicted molar refractivity (Wildman–Crippen MR) is 111 cm³/mol. The van der Waals surface area contributed by atoms with Gasteiger partial charge in [-0.1, -0.05) is 116 Å². The summed E-state index contributed by atoms with van der Waals surface area (Å²) >= 11 is 28.2. The monoisotopic (exact) mass is 448 g/mol. The minimum absolute atomic E-state index is 0.186. The van der Waals surface area contributed by atoms with Crippen molar-refractivity contribution in [2.75, 3.05) is 0 Å². The lowest BCUT2D eigenvalue weighted by Gasteiger charge is -2.02. The molecule has 2 nitrogen and oxygen atoms in total. The molecule has 0 radical (unpaired) electrons. The van der Waals surface area contributed by atoms with Crippen molar-refractivity contribution in [3.63, 3.8) is 0 Å². The molecule has 0 heterocycles. The van der Waals surface area contributed by atoms with Crippen LogP contribution in [0.15, 0.2) is 6.07 Å². The summed E-state index contributed by atoms with van der Waals surface area (Å²) < 4.78 is 0. The van der Waals surface area contributed by atoms with Gasteiger partial charge in [-0.2, -0.15) is 0 Å². The van der Waals surface area contributed by atoms with Gasteiger partial charge in [0.2, 0.25) is 0 Å².